The third-order valence-corrected chi connectivity index (χ3v) is 2.54. The van der Waals surface area contributed by atoms with E-state index in [0.717, 1.165) is 0 Å². The predicted molar refractivity (Wildman–Crippen MR) is 60.6 cm³/mol. The van der Waals surface area contributed by atoms with E-state index in [1.807, 2.05) is 0 Å². The number of nitrogens with zero attached hydrogens (tertiary/aromatic N) is 1. The van der Waals surface area contributed by atoms with Crippen LogP contribution in [-0.2, 0) is 9.53 Å². The quantitative estimate of drug-likeness (QED) is 0.723. The van der Waals surface area contributed by atoms with Crippen LogP contribution in [0, 0.1) is 0 Å². The molecule has 0 aliphatic rings. The summed E-state index contributed by atoms with van der Waals surface area (Å²) >= 11 is 1.18. The lowest BCUT2D eigenvalue weighted by atomic mass is 10.3. The van der Waals surface area contributed by atoms with E-state index in [1.165, 1.54) is 25.4 Å². The third kappa shape index (κ3) is 3.37. The highest BCUT2D eigenvalue weighted by Gasteiger charge is 2.15. The molecule has 1 heterocycles. The molecule has 3 N–H and O–H groups in total. The molecule has 1 amide bonds. The van der Waals surface area contributed by atoms with Gasteiger partial charge in [0.15, 0.2) is 10.9 Å². The lowest BCUT2D eigenvalue weighted by Gasteiger charge is -2.08. The van der Waals surface area contributed by atoms with Gasteiger partial charge in [0.05, 0.1) is 6.61 Å². The number of methoxy groups -OCH3 is 1. The number of thiazole rings is 1. The van der Waals surface area contributed by atoms with E-state index in [2.05, 4.69) is 10.3 Å². The number of nitrogens with one attached hydrogen (secondary N) is 1. The molecule has 0 saturated carbocycles. The number of carbonyl (C=O) groups is 2. The first kappa shape index (κ1) is 12.8. The lowest BCUT2D eigenvalue weighted by Crippen LogP contribution is -2.39. The van der Waals surface area contributed by atoms with Crippen molar-refractivity contribution < 1.29 is 14.3 Å². The zero-order valence-electron chi connectivity index (χ0n) is 9.02. The van der Waals surface area contributed by atoms with Crippen LogP contribution >= 0.6 is 11.3 Å². The number of ketones is 1. The SMILES string of the molecule is COCC(N)C(=O)Nc1nc(C(C)=O)cs1. The second kappa shape index (κ2) is 5.69. The van der Waals surface area contributed by atoms with Crippen molar-refractivity contribution >= 4 is 28.2 Å². The molecule has 0 radical (unpaired) electrons. The second-order valence-electron chi connectivity index (χ2n) is 3.15. The number of anilines is 1. The van der Waals surface area contributed by atoms with Crippen molar-refractivity contribution in [3.8, 4) is 0 Å². The summed E-state index contributed by atoms with van der Waals surface area (Å²) in [7, 11) is 1.46. The zero-order chi connectivity index (χ0) is 12.1. The maximum absolute atomic E-state index is 11.4. The molecule has 0 fully saturated rings. The maximum Gasteiger partial charge on any atom is 0.245 e. The lowest BCUT2D eigenvalue weighted by molar-refractivity contribution is -0.118. The highest BCUT2D eigenvalue weighted by Crippen LogP contribution is 2.15. The van der Waals surface area contributed by atoms with Crippen LogP contribution in [0.5, 0.6) is 0 Å². The summed E-state index contributed by atoms with van der Waals surface area (Å²) < 4.78 is 4.75. The number of amides is 1. The number of aromatic nitrogens is 1. The number of nitrogens with two attached hydrogens (primary N) is 1. The van der Waals surface area contributed by atoms with Crippen LogP contribution < -0.4 is 11.1 Å². The molecule has 1 unspecified atom stereocenters. The van der Waals surface area contributed by atoms with Crippen molar-refractivity contribution in [2.45, 2.75) is 13.0 Å². The molecule has 1 aromatic heterocycles. The predicted octanol–water partition coefficient (Wildman–Crippen LogP) is 0.258. The fourth-order valence-corrected chi connectivity index (χ4v) is 1.70. The Balaban J connectivity index is 2.59. The summed E-state index contributed by atoms with van der Waals surface area (Å²) in [5, 5.41) is 4.46. The van der Waals surface area contributed by atoms with Crippen LogP contribution in [0.15, 0.2) is 5.38 Å². The number of hydrogen-bond acceptors (Lipinski definition) is 6. The van der Waals surface area contributed by atoms with Crippen molar-refractivity contribution in [1.82, 2.24) is 4.98 Å². The smallest absolute Gasteiger partial charge is 0.245 e. The van der Waals surface area contributed by atoms with Crippen molar-refractivity contribution in [1.29, 1.82) is 0 Å². The molecule has 0 saturated heterocycles. The topological polar surface area (TPSA) is 94.3 Å². The Morgan fingerprint density at radius 3 is 2.88 bits per heavy atom. The van der Waals surface area contributed by atoms with Crippen molar-refractivity contribution in [3.05, 3.63) is 11.1 Å². The van der Waals surface area contributed by atoms with Gasteiger partial charge in [0, 0.05) is 19.4 Å². The number of rotatable bonds is 5. The molecule has 1 atom stereocenters. The van der Waals surface area contributed by atoms with Crippen LogP contribution in [0.4, 0.5) is 5.13 Å². The Kier molecular flexibility index (Phi) is 4.53. The first-order valence-corrected chi connectivity index (χ1v) is 5.44. The molecular formula is C9H13N3O3S. The van der Waals surface area contributed by atoms with Gasteiger partial charge in [-0.15, -0.1) is 11.3 Å². The highest BCUT2D eigenvalue weighted by molar-refractivity contribution is 7.14. The molecule has 0 aliphatic heterocycles. The standard InChI is InChI=1S/C9H13N3O3S/c1-5(13)7-4-16-9(11-7)12-8(14)6(10)3-15-2/h4,6H,3,10H2,1-2H3,(H,11,12,14). The van der Waals surface area contributed by atoms with Crippen molar-refractivity contribution in [2.24, 2.45) is 5.73 Å². The normalized spacial score (nSPS) is 12.2. The first-order chi connectivity index (χ1) is 7.54. The molecular weight excluding hydrogens is 230 g/mol. The van der Waals surface area contributed by atoms with E-state index in [4.69, 9.17) is 10.5 Å². The van der Waals surface area contributed by atoms with Crippen LogP contribution in [0.25, 0.3) is 0 Å². The van der Waals surface area contributed by atoms with Gasteiger partial charge in [-0.2, -0.15) is 0 Å². The Labute approximate surface area is 96.8 Å². The van der Waals surface area contributed by atoms with Gasteiger partial charge >= 0.3 is 0 Å². The van der Waals surface area contributed by atoms with E-state index in [9.17, 15) is 9.59 Å². The van der Waals surface area contributed by atoms with Crippen molar-refractivity contribution in [3.63, 3.8) is 0 Å². The number of hydrogen-bond donors (Lipinski definition) is 2. The number of carbonyl (C=O) groups excluding carboxylic acids is 2. The molecule has 88 valence electrons. The largest absolute Gasteiger partial charge is 0.383 e. The minimum atomic E-state index is -0.741. The van der Waals surface area contributed by atoms with E-state index in [-0.39, 0.29) is 18.3 Å². The summed E-state index contributed by atoms with van der Waals surface area (Å²) in [6.45, 7) is 1.55. The van der Waals surface area contributed by atoms with Crippen LogP contribution in [-0.4, -0.2) is 36.4 Å². The van der Waals surface area contributed by atoms with E-state index >= 15 is 0 Å². The molecule has 1 aromatic rings. The minimum absolute atomic E-state index is 0.136. The number of Topliss-reactive ketones (excluding diaryl/α,β-unsaturated/α-hetero) is 1. The van der Waals surface area contributed by atoms with Crippen LogP contribution in [0.2, 0.25) is 0 Å². The highest BCUT2D eigenvalue weighted by atomic mass is 32.1. The Hall–Kier alpha value is -1.31. The van der Waals surface area contributed by atoms with E-state index in [1.54, 1.807) is 5.38 Å². The van der Waals surface area contributed by atoms with Gasteiger partial charge in [-0.25, -0.2) is 4.98 Å². The monoisotopic (exact) mass is 243 g/mol. The summed E-state index contributed by atoms with van der Waals surface area (Å²) in [6.07, 6.45) is 0. The summed E-state index contributed by atoms with van der Waals surface area (Å²) in [6, 6.07) is -0.741. The summed E-state index contributed by atoms with van der Waals surface area (Å²) in [4.78, 5) is 26.3. The molecule has 7 heteroatoms. The second-order valence-corrected chi connectivity index (χ2v) is 4.00. The van der Waals surface area contributed by atoms with Crippen molar-refractivity contribution in [2.75, 3.05) is 19.0 Å². The third-order valence-electron chi connectivity index (χ3n) is 1.78. The molecule has 0 bridgehead atoms. The van der Waals surface area contributed by atoms with E-state index in [0.29, 0.717) is 10.8 Å². The summed E-state index contributed by atoms with van der Waals surface area (Å²) in [5.74, 6) is -0.524. The molecule has 1 rings (SSSR count). The fourth-order valence-electron chi connectivity index (χ4n) is 0.946. The molecule has 6 nitrogen and oxygen atoms in total. The van der Waals surface area contributed by atoms with E-state index < -0.39 is 6.04 Å². The first-order valence-electron chi connectivity index (χ1n) is 4.56. The maximum atomic E-state index is 11.4. The average Bonchev–Trinajstić information content (AvgIpc) is 2.66. The van der Waals surface area contributed by atoms with Gasteiger partial charge < -0.3 is 15.8 Å². The Morgan fingerprint density at radius 1 is 1.69 bits per heavy atom. The molecule has 0 aromatic carbocycles. The van der Waals surface area contributed by atoms with Gasteiger partial charge in [-0.1, -0.05) is 0 Å². The number of ether oxygens (including phenoxy) is 1. The molecule has 0 aliphatic carbocycles. The Morgan fingerprint density at radius 2 is 2.38 bits per heavy atom. The van der Waals surface area contributed by atoms with Gasteiger partial charge in [-0.05, 0) is 0 Å². The van der Waals surface area contributed by atoms with Crippen LogP contribution in [0.3, 0.4) is 0 Å². The average molecular weight is 243 g/mol. The molecule has 0 spiro atoms. The van der Waals surface area contributed by atoms with Gasteiger partial charge in [0.1, 0.15) is 11.7 Å². The minimum Gasteiger partial charge on any atom is -0.383 e. The van der Waals surface area contributed by atoms with Gasteiger partial charge in [0.2, 0.25) is 5.91 Å². The van der Waals surface area contributed by atoms with Gasteiger partial charge in [-0.3, -0.25) is 9.59 Å². The fraction of sp³-hybridized carbons (Fsp3) is 0.444. The Bertz CT molecular complexity index is 391. The molecule has 16 heavy (non-hydrogen) atoms. The zero-order valence-corrected chi connectivity index (χ0v) is 9.84. The van der Waals surface area contributed by atoms with Gasteiger partial charge in [0.25, 0.3) is 0 Å². The summed E-state index contributed by atoms with van der Waals surface area (Å²) in [5.41, 5.74) is 5.85. The van der Waals surface area contributed by atoms with Crippen LogP contribution in [0.1, 0.15) is 17.4 Å².